The number of benzene rings is 2. The molecular formula is C20H26N4O. The Balaban J connectivity index is 1.79. The second kappa shape index (κ2) is 7.92. The van der Waals surface area contributed by atoms with Crippen molar-refractivity contribution >= 4 is 23.5 Å². The van der Waals surface area contributed by atoms with E-state index >= 15 is 0 Å². The van der Waals surface area contributed by atoms with Gasteiger partial charge in [-0.25, -0.2) is 0 Å². The molecule has 0 radical (unpaired) electrons. The molecule has 25 heavy (non-hydrogen) atoms. The summed E-state index contributed by atoms with van der Waals surface area (Å²) in [6.45, 7) is 4.18. The predicted molar refractivity (Wildman–Crippen MR) is 104 cm³/mol. The van der Waals surface area contributed by atoms with Gasteiger partial charge in [-0.2, -0.15) is 0 Å². The van der Waals surface area contributed by atoms with Crippen molar-refractivity contribution in [3.63, 3.8) is 0 Å². The maximum atomic E-state index is 10.9. The molecule has 0 spiro atoms. The fraction of sp³-hybridized carbons (Fsp3) is 0.350. The molecule has 0 atom stereocenters. The molecule has 5 heteroatoms. The largest absolute Gasteiger partial charge is 0.386 e. The lowest BCUT2D eigenvalue weighted by Crippen LogP contribution is -2.45. The highest BCUT2D eigenvalue weighted by Gasteiger charge is 2.17. The van der Waals surface area contributed by atoms with E-state index in [1.54, 1.807) is 0 Å². The number of piperazine rings is 1. The Morgan fingerprint density at radius 2 is 1.80 bits per heavy atom. The summed E-state index contributed by atoms with van der Waals surface area (Å²) in [5.74, 6) is 0. The summed E-state index contributed by atoms with van der Waals surface area (Å²) in [7, 11) is 4.08. The Kier molecular flexibility index (Phi) is 5.43. The van der Waals surface area contributed by atoms with Crippen LogP contribution >= 0.6 is 0 Å². The molecular weight excluding hydrogens is 312 g/mol. The Bertz CT molecular complexity index is 696. The maximum absolute atomic E-state index is 10.9. The minimum Gasteiger partial charge on any atom is -0.386 e. The first-order chi connectivity index (χ1) is 12.2. The van der Waals surface area contributed by atoms with E-state index in [1.807, 2.05) is 18.0 Å². The van der Waals surface area contributed by atoms with Crippen LogP contribution in [-0.2, 0) is 11.3 Å². The van der Waals surface area contributed by atoms with Crippen LogP contribution in [0, 0.1) is 0 Å². The van der Waals surface area contributed by atoms with Crippen molar-refractivity contribution in [1.82, 2.24) is 4.90 Å². The number of carbonyl (C=O) groups excluding carboxylic acids is 1. The van der Waals surface area contributed by atoms with E-state index < -0.39 is 0 Å². The molecule has 3 rings (SSSR count). The maximum Gasteiger partial charge on any atom is 0.209 e. The third-order valence-electron chi connectivity index (χ3n) is 4.75. The highest BCUT2D eigenvalue weighted by molar-refractivity contribution is 5.75. The standard InChI is InChI=1S/C20H26N4O/c1-21-19-9-8-18(24-12-10-23(16-25)11-13-24)14-20(19)22(2)15-17-6-4-3-5-7-17/h3-9,14,16,21H,10-13,15H2,1-2H3. The quantitative estimate of drug-likeness (QED) is 0.822. The van der Waals surface area contributed by atoms with Crippen molar-refractivity contribution in [3.05, 3.63) is 54.1 Å². The lowest BCUT2D eigenvalue weighted by molar-refractivity contribution is -0.118. The van der Waals surface area contributed by atoms with Crippen LogP contribution in [0.2, 0.25) is 0 Å². The van der Waals surface area contributed by atoms with Crippen molar-refractivity contribution in [2.45, 2.75) is 6.54 Å². The van der Waals surface area contributed by atoms with Gasteiger partial charge in [0.05, 0.1) is 11.4 Å². The van der Waals surface area contributed by atoms with Crippen LogP contribution in [0.25, 0.3) is 0 Å². The van der Waals surface area contributed by atoms with Gasteiger partial charge < -0.3 is 20.0 Å². The molecule has 0 saturated carbocycles. The summed E-state index contributed by atoms with van der Waals surface area (Å²) in [6.07, 6.45) is 0.945. The first-order valence-corrected chi connectivity index (χ1v) is 8.72. The molecule has 1 heterocycles. The molecule has 1 aliphatic heterocycles. The Labute approximate surface area is 149 Å². The summed E-state index contributed by atoms with van der Waals surface area (Å²) >= 11 is 0. The van der Waals surface area contributed by atoms with Gasteiger partial charge in [0.15, 0.2) is 0 Å². The summed E-state index contributed by atoms with van der Waals surface area (Å²) < 4.78 is 0. The molecule has 5 nitrogen and oxygen atoms in total. The summed E-state index contributed by atoms with van der Waals surface area (Å²) in [4.78, 5) is 17.3. The van der Waals surface area contributed by atoms with Gasteiger partial charge in [-0.05, 0) is 23.8 Å². The molecule has 1 aliphatic rings. The predicted octanol–water partition coefficient (Wildman–Crippen LogP) is 2.64. The topological polar surface area (TPSA) is 38.8 Å². The Morgan fingerprint density at radius 3 is 2.44 bits per heavy atom. The number of rotatable bonds is 6. The number of hydrogen-bond donors (Lipinski definition) is 1. The summed E-state index contributed by atoms with van der Waals surface area (Å²) in [6, 6.07) is 17.0. The second-order valence-corrected chi connectivity index (χ2v) is 6.42. The van der Waals surface area contributed by atoms with Gasteiger partial charge in [0.2, 0.25) is 6.41 Å². The van der Waals surface area contributed by atoms with Gasteiger partial charge in [-0.15, -0.1) is 0 Å². The first kappa shape index (κ1) is 17.1. The van der Waals surface area contributed by atoms with Crippen molar-refractivity contribution in [1.29, 1.82) is 0 Å². The average molecular weight is 338 g/mol. The van der Waals surface area contributed by atoms with E-state index in [1.165, 1.54) is 16.9 Å². The van der Waals surface area contributed by atoms with Gasteiger partial charge >= 0.3 is 0 Å². The van der Waals surface area contributed by atoms with E-state index in [0.29, 0.717) is 0 Å². The van der Waals surface area contributed by atoms with Crippen LogP contribution in [-0.4, -0.2) is 51.6 Å². The second-order valence-electron chi connectivity index (χ2n) is 6.42. The van der Waals surface area contributed by atoms with Crippen LogP contribution in [0.4, 0.5) is 17.1 Å². The zero-order valence-electron chi connectivity index (χ0n) is 15.0. The van der Waals surface area contributed by atoms with Gasteiger partial charge in [-0.1, -0.05) is 30.3 Å². The molecule has 2 aromatic carbocycles. The highest BCUT2D eigenvalue weighted by Crippen LogP contribution is 2.31. The van der Waals surface area contributed by atoms with Crippen molar-refractivity contribution < 1.29 is 4.79 Å². The Morgan fingerprint density at radius 1 is 1.08 bits per heavy atom. The van der Waals surface area contributed by atoms with Crippen LogP contribution in [0.1, 0.15) is 5.56 Å². The van der Waals surface area contributed by atoms with E-state index in [2.05, 4.69) is 64.6 Å². The van der Waals surface area contributed by atoms with E-state index in [-0.39, 0.29) is 0 Å². The SMILES string of the molecule is CNc1ccc(N2CCN(C=O)CC2)cc1N(C)Cc1ccccc1. The summed E-state index contributed by atoms with van der Waals surface area (Å²) in [5, 5.41) is 3.29. The fourth-order valence-electron chi connectivity index (χ4n) is 3.27. The van der Waals surface area contributed by atoms with Crippen LogP contribution < -0.4 is 15.1 Å². The zero-order valence-corrected chi connectivity index (χ0v) is 15.0. The number of nitrogens with one attached hydrogen (secondary N) is 1. The smallest absolute Gasteiger partial charge is 0.209 e. The molecule has 132 valence electrons. The number of carbonyl (C=O) groups is 1. The van der Waals surface area contributed by atoms with E-state index in [9.17, 15) is 4.79 Å². The van der Waals surface area contributed by atoms with Crippen molar-refractivity contribution in [2.24, 2.45) is 0 Å². The Hall–Kier alpha value is -2.69. The molecule has 0 aromatic heterocycles. The van der Waals surface area contributed by atoms with Crippen molar-refractivity contribution in [2.75, 3.05) is 55.4 Å². The monoisotopic (exact) mass is 338 g/mol. The van der Waals surface area contributed by atoms with Gasteiger partial charge in [0.1, 0.15) is 0 Å². The molecule has 2 aromatic rings. The third-order valence-corrected chi connectivity index (χ3v) is 4.75. The first-order valence-electron chi connectivity index (χ1n) is 8.72. The van der Waals surface area contributed by atoms with Gasteiger partial charge in [-0.3, -0.25) is 4.79 Å². The summed E-state index contributed by atoms with van der Waals surface area (Å²) in [5.41, 5.74) is 4.80. The van der Waals surface area contributed by atoms with Crippen LogP contribution in [0.5, 0.6) is 0 Å². The molecule has 1 fully saturated rings. The van der Waals surface area contributed by atoms with E-state index in [0.717, 1.165) is 44.8 Å². The zero-order chi connectivity index (χ0) is 17.6. The lowest BCUT2D eigenvalue weighted by Gasteiger charge is -2.35. The number of hydrogen-bond acceptors (Lipinski definition) is 4. The number of anilines is 3. The van der Waals surface area contributed by atoms with Gasteiger partial charge in [0.25, 0.3) is 0 Å². The molecule has 0 unspecified atom stereocenters. The molecule has 1 N–H and O–H groups in total. The lowest BCUT2D eigenvalue weighted by atomic mass is 10.1. The van der Waals surface area contributed by atoms with Crippen molar-refractivity contribution in [3.8, 4) is 0 Å². The van der Waals surface area contributed by atoms with Crippen LogP contribution in [0.15, 0.2) is 48.5 Å². The third kappa shape index (κ3) is 4.05. The minimum absolute atomic E-state index is 0.784. The van der Waals surface area contributed by atoms with Gasteiger partial charge in [0, 0.05) is 52.5 Å². The molecule has 1 saturated heterocycles. The number of nitrogens with zero attached hydrogens (tertiary/aromatic N) is 3. The average Bonchev–Trinajstić information content (AvgIpc) is 2.68. The van der Waals surface area contributed by atoms with Crippen LogP contribution in [0.3, 0.4) is 0 Å². The van der Waals surface area contributed by atoms with E-state index in [4.69, 9.17) is 0 Å². The minimum atomic E-state index is 0.784. The fourth-order valence-corrected chi connectivity index (χ4v) is 3.27. The molecule has 1 amide bonds. The highest BCUT2D eigenvalue weighted by atomic mass is 16.1. The normalized spacial score (nSPS) is 14.3. The molecule has 0 aliphatic carbocycles. The number of amides is 1. The molecule has 0 bridgehead atoms.